The molecule has 1 aromatic heterocycles. The number of amides is 1. The number of carbonyl (C=O) groups excluding carboxylic acids is 1. The van der Waals surface area contributed by atoms with Crippen LogP contribution < -0.4 is 4.90 Å². The molecule has 0 bridgehead atoms. The van der Waals surface area contributed by atoms with E-state index in [4.69, 9.17) is 0 Å². The average molecular weight is 297 g/mol. The smallest absolute Gasteiger partial charge is 0.273 e. The van der Waals surface area contributed by atoms with Crippen molar-refractivity contribution in [2.45, 2.75) is 32.9 Å². The molecule has 2 heterocycles. The zero-order chi connectivity index (χ0) is 15.9. The van der Waals surface area contributed by atoms with Gasteiger partial charge in [-0.05, 0) is 25.0 Å². The van der Waals surface area contributed by atoms with Gasteiger partial charge in [0, 0.05) is 10.9 Å². The van der Waals surface area contributed by atoms with Crippen LogP contribution in [0, 0.1) is 5.92 Å². The first-order valence-corrected chi connectivity index (χ1v) is 7.36. The third kappa shape index (κ3) is 2.01. The van der Waals surface area contributed by atoms with Crippen LogP contribution in [0.15, 0.2) is 35.3 Å². The van der Waals surface area contributed by atoms with Gasteiger partial charge in [-0.2, -0.15) is 0 Å². The van der Waals surface area contributed by atoms with E-state index in [0.29, 0.717) is 11.4 Å². The highest BCUT2D eigenvalue weighted by Crippen LogP contribution is 2.35. The molecule has 0 fully saturated rings. The summed E-state index contributed by atoms with van der Waals surface area (Å²) in [6.07, 6.45) is 1.53. The zero-order valence-corrected chi connectivity index (χ0v) is 12.9. The van der Waals surface area contributed by atoms with Crippen LogP contribution in [0.4, 0.5) is 5.82 Å². The summed E-state index contributed by atoms with van der Waals surface area (Å²) in [6, 6.07) is 9.64. The lowest BCUT2D eigenvalue weighted by atomic mass is 9.86. The van der Waals surface area contributed by atoms with Gasteiger partial charge in [0.1, 0.15) is 17.7 Å². The molecule has 1 unspecified atom stereocenters. The Bertz CT molecular complexity index is 770. The lowest BCUT2D eigenvalue weighted by Gasteiger charge is -2.36. The van der Waals surface area contributed by atoms with Crippen molar-refractivity contribution in [1.29, 1.82) is 0 Å². The second-order valence-corrected chi connectivity index (χ2v) is 6.04. The SMILES string of the molecule is CC(C)C1(C)C(=O)N=CN1c1nc2ccccc2cc1CO. The Morgan fingerprint density at radius 1 is 1.32 bits per heavy atom. The highest BCUT2D eigenvalue weighted by atomic mass is 16.3. The Hall–Kier alpha value is -2.27. The van der Waals surface area contributed by atoms with Gasteiger partial charge in [-0.15, -0.1) is 0 Å². The number of aromatic nitrogens is 1. The van der Waals surface area contributed by atoms with E-state index in [1.54, 1.807) is 4.90 Å². The van der Waals surface area contributed by atoms with E-state index in [-0.39, 0.29) is 18.4 Å². The quantitative estimate of drug-likeness (QED) is 0.945. The summed E-state index contributed by atoms with van der Waals surface area (Å²) in [5, 5.41) is 10.7. The Morgan fingerprint density at radius 2 is 2.05 bits per heavy atom. The Morgan fingerprint density at radius 3 is 2.73 bits per heavy atom. The van der Waals surface area contributed by atoms with Crippen LogP contribution in [0.5, 0.6) is 0 Å². The minimum absolute atomic E-state index is 0.0577. The van der Waals surface area contributed by atoms with E-state index in [1.807, 2.05) is 51.1 Å². The van der Waals surface area contributed by atoms with Crippen LogP contribution in [0.2, 0.25) is 0 Å². The summed E-state index contributed by atoms with van der Waals surface area (Å²) in [4.78, 5) is 22.7. The lowest BCUT2D eigenvalue weighted by Crippen LogP contribution is -2.51. The molecule has 0 spiro atoms. The van der Waals surface area contributed by atoms with Gasteiger partial charge < -0.3 is 10.0 Å². The van der Waals surface area contributed by atoms with Crippen LogP contribution >= 0.6 is 0 Å². The maximum absolute atomic E-state index is 12.3. The summed E-state index contributed by atoms with van der Waals surface area (Å²) in [7, 11) is 0. The first-order valence-electron chi connectivity index (χ1n) is 7.36. The van der Waals surface area contributed by atoms with Crippen LogP contribution in [0.25, 0.3) is 10.9 Å². The van der Waals surface area contributed by atoms with Gasteiger partial charge in [0.25, 0.3) is 5.91 Å². The van der Waals surface area contributed by atoms with Crippen molar-refractivity contribution >= 4 is 29.0 Å². The topological polar surface area (TPSA) is 65.8 Å². The molecule has 0 radical (unpaired) electrons. The highest BCUT2D eigenvalue weighted by Gasteiger charge is 2.46. The number of aliphatic hydroxyl groups excluding tert-OH is 1. The largest absolute Gasteiger partial charge is 0.392 e. The molecule has 2 aromatic rings. The third-order valence-electron chi connectivity index (χ3n) is 4.53. The van der Waals surface area contributed by atoms with Crippen molar-refractivity contribution in [1.82, 2.24) is 4.98 Å². The number of rotatable bonds is 3. The van der Waals surface area contributed by atoms with Gasteiger partial charge in [0.15, 0.2) is 0 Å². The number of hydrogen-bond acceptors (Lipinski definition) is 4. The number of aliphatic hydroxyl groups is 1. The summed E-state index contributed by atoms with van der Waals surface area (Å²) in [6.45, 7) is 5.70. The molecule has 22 heavy (non-hydrogen) atoms. The fourth-order valence-electron chi connectivity index (χ4n) is 2.74. The zero-order valence-electron chi connectivity index (χ0n) is 12.9. The molecule has 114 valence electrons. The van der Waals surface area contributed by atoms with Crippen molar-refractivity contribution < 1.29 is 9.90 Å². The van der Waals surface area contributed by atoms with Gasteiger partial charge in [0.2, 0.25) is 0 Å². The third-order valence-corrected chi connectivity index (χ3v) is 4.53. The van der Waals surface area contributed by atoms with Crippen LogP contribution in [-0.4, -0.2) is 27.9 Å². The normalized spacial score (nSPS) is 21.3. The molecule has 3 rings (SSSR count). The van der Waals surface area contributed by atoms with Crippen molar-refractivity contribution in [2.75, 3.05) is 4.90 Å². The van der Waals surface area contributed by atoms with Crippen molar-refractivity contribution in [3.8, 4) is 0 Å². The summed E-state index contributed by atoms with van der Waals surface area (Å²) >= 11 is 0. The number of nitrogens with zero attached hydrogens (tertiary/aromatic N) is 3. The second-order valence-electron chi connectivity index (χ2n) is 6.04. The fourth-order valence-corrected chi connectivity index (χ4v) is 2.74. The number of pyridine rings is 1. The van der Waals surface area contributed by atoms with E-state index in [1.165, 1.54) is 6.34 Å². The number of carbonyl (C=O) groups is 1. The number of benzene rings is 1. The predicted molar refractivity (Wildman–Crippen MR) is 86.9 cm³/mol. The maximum atomic E-state index is 12.3. The molecule has 1 N–H and O–H groups in total. The number of fused-ring (bicyclic) bond motifs is 1. The molecule has 1 aliphatic rings. The first-order chi connectivity index (χ1) is 10.5. The molecule has 1 aliphatic heterocycles. The van der Waals surface area contributed by atoms with Crippen molar-refractivity contribution in [2.24, 2.45) is 10.9 Å². The number of anilines is 1. The van der Waals surface area contributed by atoms with Gasteiger partial charge in [-0.1, -0.05) is 32.0 Å². The average Bonchev–Trinajstić information content (AvgIpc) is 2.83. The molecule has 1 atom stereocenters. The molecular weight excluding hydrogens is 278 g/mol. The lowest BCUT2D eigenvalue weighted by molar-refractivity contribution is -0.122. The summed E-state index contributed by atoms with van der Waals surface area (Å²) in [5.74, 6) is 0.468. The fraction of sp³-hybridized carbons (Fsp3) is 0.353. The Balaban J connectivity index is 2.20. The molecule has 1 amide bonds. The molecule has 0 aliphatic carbocycles. The van der Waals surface area contributed by atoms with E-state index >= 15 is 0 Å². The predicted octanol–water partition coefficient (Wildman–Crippen LogP) is 2.52. The molecule has 1 aromatic carbocycles. The number of aliphatic imine (C=N–C) groups is 1. The minimum Gasteiger partial charge on any atom is -0.392 e. The molecule has 0 saturated carbocycles. The van der Waals surface area contributed by atoms with Gasteiger partial charge >= 0.3 is 0 Å². The maximum Gasteiger partial charge on any atom is 0.273 e. The van der Waals surface area contributed by atoms with Crippen molar-refractivity contribution in [3.63, 3.8) is 0 Å². The van der Waals surface area contributed by atoms with Crippen molar-refractivity contribution in [3.05, 3.63) is 35.9 Å². The second kappa shape index (κ2) is 5.18. The Kier molecular flexibility index (Phi) is 3.45. The molecule has 5 nitrogen and oxygen atoms in total. The number of para-hydroxylation sites is 1. The van der Waals surface area contributed by atoms with E-state index in [0.717, 1.165) is 10.9 Å². The Labute approximate surface area is 129 Å². The van der Waals surface area contributed by atoms with E-state index < -0.39 is 5.54 Å². The van der Waals surface area contributed by atoms with Crippen LogP contribution in [0.3, 0.4) is 0 Å². The monoisotopic (exact) mass is 297 g/mol. The molecule has 0 saturated heterocycles. The van der Waals surface area contributed by atoms with Gasteiger partial charge in [-0.25, -0.2) is 9.98 Å². The molecular formula is C17H19N3O2. The molecule has 5 heteroatoms. The first kappa shape index (κ1) is 14.7. The van der Waals surface area contributed by atoms with Gasteiger partial charge in [-0.3, -0.25) is 4.79 Å². The summed E-state index contributed by atoms with van der Waals surface area (Å²) in [5.41, 5.74) is 0.736. The summed E-state index contributed by atoms with van der Waals surface area (Å²) < 4.78 is 0. The van der Waals surface area contributed by atoms with Crippen LogP contribution in [-0.2, 0) is 11.4 Å². The van der Waals surface area contributed by atoms with Gasteiger partial charge in [0.05, 0.1) is 12.1 Å². The standard InChI is InChI=1S/C17H19N3O2/c1-11(2)17(3)16(22)18-10-20(17)15-13(9-21)8-12-6-4-5-7-14(12)19-15/h4-8,10-11,21H,9H2,1-3H3. The van der Waals surface area contributed by atoms with E-state index in [2.05, 4.69) is 9.98 Å². The van der Waals surface area contributed by atoms with Crippen LogP contribution in [0.1, 0.15) is 26.3 Å². The highest BCUT2D eigenvalue weighted by molar-refractivity contribution is 6.08. The van der Waals surface area contributed by atoms with E-state index in [9.17, 15) is 9.90 Å². The number of hydrogen-bond donors (Lipinski definition) is 1. The minimum atomic E-state index is -0.778.